The molecular weight excluding hydrogens is 418 g/mol. The lowest BCUT2D eigenvalue weighted by molar-refractivity contribution is -0.368. The van der Waals surface area contributed by atoms with Crippen molar-refractivity contribution >= 4 is 39.5 Å². The van der Waals surface area contributed by atoms with Gasteiger partial charge in [0.1, 0.15) is 0 Å². The van der Waals surface area contributed by atoms with Gasteiger partial charge in [0.05, 0.1) is 17.5 Å². The number of unbranched alkanes of at least 4 members (excludes halogenated alkanes) is 1. The summed E-state index contributed by atoms with van der Waals surface area (Å²) < 4.78 is 0. The Bertz CT molecular complexity index is 998. The Morgan fingerprint density at radius 2 is 1.93 bits per heavy atom. The van der Waals surface area contributed by atoms with E-state index in [1.165, 1.54) is 40.4 Å². The molecule has 1 amide bonds. The second kappa shape index (κ2) is 10.3. The van der Waals surface area contributed by atoms with Gasteiger partial charge in [-0.15, -0.1) is 22.7 Å². The fourth-order valence-corrected chi connectivity index (χ4v) is 4.44. The number of thiophene rings is 1. The zero-order valence-electron chi connectivity index (χ0n) is 16.6. The van der Waals surface area contributed by atoms with Gasteiger partial charge in [0, 0.05) is 17.2 Å². The van der Waals surface area contributed by atoms with Crippen molar-refractivity contribution in [1.82, 2.24) is 4.98 Å². The molecule has 8 heteroatoms. The van der Waals surface area contributed by atoms with Crippen LogP contribution in [0.4, 0.5) is 5.13 Å². The average molecular weight is 442 g/mol. The number of carbonyl (C=O) groups excluding carboxylic acids is 2. The van der Waals surface area contributed by atoms with Gasteiger partial charge in [-0.25, -0.2) is 4.98 Å². The molecule has 0 aliphatic carbocycles. The minimum atomic E-state index is -0.762. The number of benzene rings is 1. The minimum absolute atomic E-state index is 0.0196. The van der Waals surface area contributed by atoms with Gasteiger partial charge >= 0.3 is 0 Å². The van der Waals surface area contributed by atoms with Gasteiger partial charge in [0.2, 0.25) is 11.7 Å². The van der Waals surface area contributed by atoms with E-state index >= 15 is 0 Å². The summed E-state index contributed by atoms with van der Waals surface area (Å²) in [6, 6.07) is 11.7. The fraction of sp³-hybridized carbons (Fsp3) is 0.227. The summed E-state index contributed by atoms with van der Waals surface area (Å²) in [4.78, 5) is 31.5. The molecule has 1 aliphatic rings. The van der Waals surface area contributed by atoms with Crippen LogP contribution < -0.4 is 15.7 Å². The maximum atomic E-state index is 12.9. The van der Waals surface area contributed by atoms with Crippen molar-refractivity contribution in [3.05, 3.63) is 81.2 Å². The summed E-state index contributed by atoms with van der Waals surface area (Å²) in [5, 5.41) is 16.6. The second-order valence-corrected chi connectivity index (χ2v) is 8.38. The lowest BCUT2D eigenvalue weighted by Crippen LogP contribution is -2.49. The number of nitrogens with zero attached hydrogens (tertiary/aromatic N) is 2. The summed E-state index contributed by atoms with van der Waals surface area (Å²) in [5.41, 5.74) is 4.36. The summed E-state index contributed by atoms with van der Waals surface area (Å²) in [5.74, 6) is -1.88. The molecule has 0 saturated carbocycles. The van der Waals surface area contributed by atoms with Gasteiger partial charge < -0.3 is 10.8 Å². The molecule has 0 bridgehead atoms. The van der Waals surface area contributed by atoms with Crippen LogP contribution in [0.3, 0.4) is 0 Å². The molecule has 30 heavy (non-hydrogen) atoms. The van der Waals surface area contributed by atoms with E-state index in [0.717, 1.165) is 6.54 Å². The quantitative estimate of drug-likeness (QED) is 0.594. The summed E-state index contributed by atoms with van der Waals surface area (Å²) >= 11 is 2.51. The molecule has 1 atom stereocenters. The van der Waals surface area contributed by atoms with Crippen LogP contribution in [0, 0.1) is 0 Å². The Morgan fingerprint density at radius 3 is 2.47 bits per heavy atom. The lowest BCUT2D eigenvalue weighted by Gasteiger charge is -2.25. The third kappa shape index (κ3) is 4.51. The molecule has 2 aromatic heterocycles. The number of ketones is 1. The molecule has 156 valence electrons. The number of hydrogen-bond acceptors (Lipinski definition) is 6. The summed E-state index contributed by atoms with van der Waals surface area (Å²) in [6.45, 7) is 3.27. The SMILES string of the molecule is CCCC[NH3+].O=C(C1=C([O-])C(=O)N(c2nccs2)C1c1ccccc1)c1cccs1. The van der Waals surface area contributed by atoms with E-state index in [4.69, 9.17) is 0 Å². The number of carbonyl (C=O) groups is 2. The zero-order valence-corrected chi connectivity index (χ0v) is 18.2. The number of aromatic nitrogens is 1. The Balaban J connectivity index is 0.000000461. The number of thiazole rings is 1. The van der Waals surface area contributed by atoms with Crippen molar-refractivity contribution in [1.29, 1.82) is 0 Å². The van der Waals surface area contributed by atoms with Crippen LogP contribution in [-0.2, 0) is 4.79 Å². The van der Waals surface area contributed by atoms with Gasteiger partial charge in [0.15, 0.2) is 5.13 Å². The van der Waals surface area contributed by atoms with E-state index in [0.29, 0.717) is 15.6 Å². The molecule has 3 aromatic rings. The molecule has 0 saturated heterocycles. The second-order valence-electron chi connectivity index (χ2n) is 6.56. The standard InChI is InChI=1S/C18H12N2O3S2.C4H11N/c21-15(12-7-4-9-24-12)13-14(11-5-2-1-3-6-11)20(17(23)16(13)22)18-19-8-10-25-18;1-2-3-4-5/h1-10,14,22H;2-5H2,1H3. The number of rotatable bonds is 6. The molecule has 0 spiro atoms. The largest absolute Gasteiger partial charge is 0.868 e. The van der Waals surface area contributed by atoms with Gasteiger partial charge in [-0.3, -0.25) is 14.5 Å². The molecule has 4 rings (SSSR count). The molecule has 1 aromatic carbocycles. The monoisotopic (exact) mass is 441 g/mol. The molecule has 3 N–H and O–H groups in total. The van der Waals surface area contributed by atoms with Crippen LogP contribution in [0.25, 0.3) is 0 Å². The maximum Gasteiger partial charge on any atom is 0.246 e. The zero-order chi connectivity index (χ0) is 21.5. The van der Waals surface area contributed by atoms with Gasteiger partial charge in [0.25, 0.3) is 0 Å². The van der Waals surface area contributed by atoms with Gasteiger partial charge in [-0.1, -0.05) is 49.7 Å². The van der Waals surface area contributed by atoms with Crippen molar-refractivity contribution in [3.63, 3.8) is 0 Å². The molecule has 1 aliphatic heterocycles. The highest BCUT2D eigenvalue weighted by molar-refractivity contribution is 7.14. The predicted octanol–water partition coefficient (Wildman–Crippen LogP) is 2.82. The van der Waals surface area contributed by atoms with Crippen molar-refractivity contribution in [2.75, 3.05) is 11.4 Å². The highest BCUT2D eigenvalue weighted by atomic mass is 32.1. The van der Waals surface area contributed by atoms with Gasteiger partial charge in [-0.05, 0) is 29.2 Å². The van der Waals surface area contributed by atoms with Crippen molar-refractivity contribution in [2.45, 2.75) is 25.8 Å². The van der Waals surface area contributed by atoms with Crippen molar-refractivity contribution in [3.8, 4) is 0 Å². The van der Waals surface area contributed by atoms with Crippen molar-refractivity contribution in [2.24, 2.45) is 0 Å². The third-order valence-electron chi connectivity index (χ3n) is 4.52. The number of anilines is 1. The molecule has 3 heterocycles. The Kier molecular flexibility index (Phi) is 7.51. The van der Waals surface area contributed by atoms with E-state index in [9.17, 15) is 14.7 Å². The topological polar surface area (TPSA) is 101 Å². The van der Waals surface area contributed by atoms with Crippen LogP contribution in [0.15, 0.2) is 70.8 Å². The first-order chi connectivity index (χ1) is 14.6. The molecule has 6 nitrogen and oxygen atoms in total. The highest BCUT2D eigenvalue weighted by Crippen LogP contribution is 2.41. The van der Waals surface area contributed by atoms with Gasteiger partial charge in [-0.2, -0.15) is 0 Å². The first-order valence-corrected chi connectivity index (χ1v) is 11.4. The number of hydrogen-bond donors (Lipinski definition) is 1. The van der Waals surface area contributed by atoms with Crippen LogP contribution >= 0.6 is 22.7 Å². The molecule has 1 unspecified atom stereocenters. The molecular formula is C22H23N3O3S2. The highest BCUT2D eigenvalue weighted by Gasteiger charge is 2.41. The Labute approximate surface area is 183 Å². The first kappa shape index (κ1) is 21.9. The average Bonchev–Trinajstić information content (AvgIpc) is 3.52. The van der Waals surface area contributed by atoms with E-state index in [1.54, 1.807) is 41.2 Å². The maximum absolute atomic E-state index is 12.9. The van der Waals surface area contributed by atoms with Crippen LogP contribution in [0.5, 0.6) is 0 Å². The molecule has 0 radical (unpaired) electrons. The summed E-state index contributed by atoms with van der Waals surface area (Å²) in [7, 11) is 0. The Morgan fingerprint density at radius 1 is 1.17 bits per heavy atom. The van der Waals surface area contributed by atoms with E-state index in [2.05, 4.69) is 17.6 Å². The van der Waals surface area contributed by atoms with Crippen LogP contribution in [0.1, 0.15) is 41.0 Å². The Hall–Kier alpha value is -2.81. The van der Waals surface area contributed by atoms with E-state index in [1.807, 2.05) is 18.2 Å². The number of quaternary nitrogens is 1. The number of Topliss-reactive ketones (excluding diaryl/α,β-unsaturated/α-hetero) is 1. The van der Waals surface area contributed by atoms with Crippen LogP contribution in [0.2, 0.25) is 0 Å². The first-order valence-electron chi connectivity index (χ1n) is 9.66. The van der Waals surface area contributed by atoms with Crippen LogP contribution in [-0.4, -0.2) is 23.2 Å². The number of amides is 1. The fourth-order valence-electron chi connectivity index (χ4n) is 3.10. The summed E-state index contributed by atoms with van der Waals surface area (Å²) in [6.07, 6.45) is 4.13. The van der Waals surface area contributed by atoms with E-state index in [-0.39, 0.29) is 5.57 Å². The predicted molar refractivity (Wildman–Crippen MR) is 117 cm³/mol. The van der Waals surface area contributed by atoms with E-state index < -0.39 is 23.5 Å². The third-order valence-corrected chi connectivity index (χ3v) is 6.16. The molecule has 0 fully saturated rings. The smallest absolute Gasteiger partial charge is 0.246 e. The van der Waals surface area contributed by atoms with Crippen molar-refractivity contribution < 1.29 is 20.4 Å². The normalized spacial score (nSPS) is 15.9. The lowest BCUT2D eigenvalue weighted by atomic mass is 9.96. The minimum Gasteiger partial charge on any atom is -0.868 e.